The van der Waals surface area contributed by atoms with Crippen molar-refractivity contribution in [1.29, 1.82) is 0 Å². The summed E-state index contributed by atoms with van der Waals surface area (Å²) in [7, 11) is 3.43. The first kappa shape index (κ1) is 13.8. The Kier molecular flexibility index (Phi) is 4.39. The zero-order valence-corrected chi connectivity index (χ0v) is 11.7. The summed E-state index contributed by atoms with van der Waals surface area (Å²) in [5.74, 6) is 0.635. The standard InChI is InChI=1S/C13H16ClN3O2/c1-15-6-3-7-17-12(18)10-8-9(19-2)4-5-11(10)16-13(17)14/h4-5,8,15H,3,6-7H2,1-2H3. The highest BCUT2D eigenvalue weighted by Crippen LogP contribution is 2.18. The van der Waals surface area contributed by atoms with Crippen LogP contribution in [0.5, 0.6) is 5.75 Å². The van der Waals surface area contributed by atoms with Crippen LogP contribution in [-0.2, 0) is 6.54 Å². The Morgan fingerprint density at radius 3 is 2.95 bits per heavy atom. The summed E-state index contributed by atoms with van der Waals surface area (Å²) in [6.45, 7) is 1.36. The summed E-state index contributed by atoms with van der Waals surface area (Å²) in [6.07, 6.45) is 0.813. The van der Waals surface area contributed by atoms with Crippen molar-refractivity contribution >= 4 is 22.5 Å². The number of fused-ring (bicyclic) bond motifs is 1. The molecule has 2 aromatic rings. The maximum atomic E-state index is 12.4. The van der Waals surface area contributed by atoms with Gasteiger partial charge in [0.25, 0.3) is 5.56 Å². The van der Waals surface area contributed by atoms with Crippen molar-refractivity contribution in [3.05, 3.63) is 33.8 Å². The van der Waals surface area contributed by atoms with Crippen LogP contribution in [0.25, 0.3) is 10.9 Å². The van der Waals surface area contributed by atoms with Gasteiger partial charge in [0.05, 0.1) is 18.0 Å². The van der Waals surface area contributed by atoms with Crippen LogP contribution in [0.15, 0.2) is 23.0 Å². The minimum atomic E-state index is -0.134. The summed E-state index contributed by atoms with van der Waals surface area (Å²) in [5.41, 5.74) is 0.450. The summed E-state index contributed by atoms with van der Waals surface area (Å²) in [4.78, 5) is 16.6. The molecule has 0 radical (unpaired) electrons. The molecule has 0 saturated carbocycles. The molecular weight excluding hydrogens is 266 g/mol. The Morgan fingerprint density at radius 1 is 1.47 bits per heavy atom. The second-order valence-electron chi connectivity index (χ2n) is 4.18. The zero-order valence-electron chi connectivity index (χ0n) is 10.9. The molecule has 0 aliphatic carbocycles. The molecule has 0 unspecified atom stereocenters. The molecule has 0 aliphatic heterocycles. The number of nitrogens with one attached hydrogen (secondary N) is 1. The second kappa shape index (κ2) is 6.04. The van der Waals surface area contributed by atoms with Crippen LogP contribution in [-0.4, -0.2) is 30.3 Å². The predicted molar refractivity (Wildman–Crippen MR) is 76.1 cm³/mol. The van der Waals surface area contributed by atoms with Gasteiger partial charge in [0.1, 0.15) is 5.75 Å². The van der Waals surface area contributed by atoms with Gasteiger partial charge in [-0.2, -0.15) is 0 Å². The van der Waals surface area contributed by atoms with Gasteiger partial charge in [-0.25, -0.2) is 4.98 Å². The molecule has 2 rings (SSSR count). The molecule has 0 saturated heterocycles. The molecule has 1 heterocycles. The average molecular weight is 282 g/mol. The molecule has 0 spiro atoms. The van der Waals surface area contributed by atoms with Crippen LogP contribution in [0.2, 0.25) is 5.28 Å². The molecule has 0 bridgehead atoms. The molecule has 0 fully saturated rings. The van der Waals surface area contributed by atoms with E-state index in [4.69, 9.17) is 16.3 Å². The van der Waals surface area contributed by atoms with E-state index in [-0.39, 0.29) is 10.8 Å². The number of halogens is 1. The Balaban J connectivity index is 2.49. The Labute approximate surface area is 116 Å². The minimum absolute atomic E-state index is 0.134. The molecule has 19 heavy (non-hydrogen) atoms. The normalized spacial score (nSPS) is 10.9. The van der Waals surface area contributed by atoms with E-state index in [9.17, 15) is 4.79 Å². The Morgan fingerprint density at radius 2 is 2.26 bits per heavy atom. The van der Waals surface area contributed by atoms with Crippen LogP contribution < -0.4 is 15.6 Å². The maximum absolute atomic E-state index is 12.4. The fourth-order valence-corrected chi connectivity index (χ4v) is 2.16. The first-order valence-electron chi connectivity index (χ1n) is 6.06. The fourth-order valence-electron chi connectivity index (χ4n) is 1.91. The summed E-state index contributed by atoms with van der Waals surface area (Å²) < 4.78 is 6.61. The van der Waals surface area contributed by atoms with E-state index in [1.807, 2.05) is 7.05 Å². The zero-order chi connectivity index (χ0) is 13.8. The van der Waals surface area contributed by atoms with Crippen molar-refractivity contribution in [2.75, 3.05) is 20.7 Å². The molecule has 1 aromatic carbocycles. The molecule has 1 N–H and O–H groups in total. The molecular formula is C13H16ClN3O2. The van der Waals surface area contributed by atoms with E-state index in [2.05, 4.69) is 10.3 Å². The summed E-state index contributed by atoms with van der Waals surface area (Å²) in [6, 6.07) is 5.19. The largest absolute Gasteiger partial charge is 0.497 e. The Hall–Kier alpha value is -1.59. The van der Waals surface area contributed by atoms with E-state index >= 15 is 0 Å². The van der Waals surface area contributed by atoms with Crippen LogP contribution in [0.3, 0.4) is 0 Å². The van der Waals surface area contributed by atoms with Gasteiger partial charge in [0, 0.05) is 6.54 Å². The lowest BCUT2D eigenvalue weighted by Gasteiger charge is -2.09. The number of nitrogens with zero attached hydrogens (tertiary/aromatic N) is 2. The van der Waals surface area contributed by atoms with Crippen molar-refractivity contribution in [1.82, 2.24) is 14.9 Å². The van der Waals surface area contributed by atoms with Gasteiger partial charge in [0.15, 0.2) is 0 Å². The van der Waals surface area contributed by atoms with E-state index < -0.39 is 0 Å². The molecule has 0 atom stereocenters. The molecule has 102 valence electrons. The predicted octanol–water partition coefficient (Wildman–Crippen LogP) is 1.67. The van der Waals surface area contributed by atoms with Crippen LogP contribution in [0, 0.1) is 0 Å². The second-order valence-corrected chi connectivity index (χ2v) is 4.52. The highest BCUT2D eigenvalue weighted by atomic mass is 35.5. The van der Waals surface area contributed by atoms with Gasteiger partial charge in [-0.3, -0.25) is 9.36 Å². The van der Waals surface area contributed by atoms with Gasteiger partial charge in [-0.1, -0.05) is 0 Å². The first-order valence-corrected chi connectivity index (χ1v) is 6.44. The van der Waals surface area contributed by atoms with E-state index in [1.165, 1.54) is 4.57 Å². The van der Waals surface area contributed by atoms with Crippen molar-refractivity contribution in [3.63, 3.8) is 0 Å². The number of rotatable bonds is 5. The third-order valence-corrected chi connectivity index (χ3v) is 3.21. The highest BCUT2D eigenvalue weighted by Gasteiger charge is 2.09. The number of methoxy groups -OCH3 is 1. The van der Waals surface area contributed by atoms with Crippen LogP contribution >= 0.6 is 11.6 Å². The monoisotopic (exact) mass is 281 g/mol. The number of hydrogen-bond acceptors (Lipinski definition) is 4. The first-order chi connectivity index (χ1) is 9.17. The molecule has 1 aromatic heterocycles. The van der Waals surface area contributed by atoms with Crippen molar-refractivity contribution in [3.8, 4) is 5.75 Å². The molecule has 0 amide bonds. The lowest BCUT2D eigenvalue weighted by molar-refractivity contribution is 0.415. The fraction of sp³-hybridized carbons (Fsp3) is 0.385. The van der Waals surface area contributed by atoms with Gasteiger partial charge in [-0.15, -0.1) is 0 Å². The van der Waals surface area contributed by atoms with Gasteiger partial charge in [0.2, 0.25) is 5.28 Å². The maximum Gasteiger partial charge on any atom is 0.262 e. The lowest BCUT2D eigenvalue weighted by atomic mass is 10.2. The van der Waals surface area contributed by atoms with Crippen molar-refractivity contribution < 1.29 is 4.74 Å². The summed E-state index contributed by atoms with van der Waals surface area (Å²) in [5, 5.41) is 3.78. The van der Waals surface area contributed by atoms with Gasteiger partial charge >= 0.3 is 0 Å². The molecule has 5 nitrogen and oxygen atoms in total. The number of benzene rings is 1. The SMILES string of the molecule is CNCCCn1c(Cl)nc2ccc(OC)cc2c1=O. The van der Waals surface area contributed by atoms with Crippen molar-refractivity contribution in [2.24, 2.45) is 0 Å². The highest BCUT2D eigenvalue weighted by molar-refractivity contribution is 6.28. The number of aromatic nitrogens is 2. The lowest BCUT2D eigenvalue weighted by Crippen LogP contribution is -2.24. The van der Waals surface area contributed by atoms with E-state index in [0.29, 0.717) is 23.2 Å². The van der Waals surface area contributed by atoms with Crippen LogP contribution in [0.4, 0.5) is 0 Å². The molecule has 6 heteroatoms. The smallest absolute Gasteiger partial charge is 0.262 e. The topological polar surface area (TPSA) is 56.1 Å². The van der Waals surface area contributed by atoms with E-state index in [0.717, 1.165) is 13.0 Å². The Bertz CT molecular complexity index is 640. The van der Waals surface area contributed by atoms with E-state index in [1.54, 1.807) is 25.3 Å². The third kappa shape index (κ3) is 2.88. The van der Waals surface area contributed by atoms with Gasteiger partial charge in [-0.05, 0) is 49.8 Å². The quantitative estimate of drug-likeness (QED) is 0.669. The van der Waals surface area contributed by atoms with Crippen LogP contribution in [0.1, 0.15) is 6.42 Å². The number of ether oxygens (including phenoxy) is 1. The van der Waals surface area contributed by atoms with Crippen molar-refractivity contribution in [2.45, 2.75) is 13.0 Å². The minimum Gasteiger partial charge on any atom is -0.497 e. The van der Waals surface area contributed by atoms with Gasteiger partial charge < -0.3 is 10.1 Å². The third-order valence-electron chi connectivity index (χ3n) is 2.92. The summed E-state index contributed by atoms with van der Waals surface area (Å²) >= 11 is 6.06. The number of hydrogen-bond donors (Lipinski definition) is 1. The average Bonchev–Trinajstić information content (AvgIpc) is 2.42. The molecule has 0 aliphatic rings.